The second kappa shape index (κ2) is 10.0. The van der Waals surface area contributed by atoms with Crippen LogP contribution in [0.25, 0.3) is 11.3 Å². The molecule has 170 valence electrons. The molecule has 0 bridgehead atoms. The lowest BCUT2D eigenvalue weighted by Crippen LogP contribution is -2.50. The van der Waals surface area contributed by atoms with Crippen LogP contribution in [0.2, 0.25) is 0 Å². The van der Waals surface area contributed by atoms with Crippen LogP contribution in [0.15, 0.2) is 97.1 Å². The molecule has 1 saturated heterocycles. The van der Waals surface area contributed by atoms with Gasteiger partial charge in [0.2, 0.25) is 0 Å². The lowest BCUT2D eigenvalue weighted by atomic mass is 10.1. The number of urea groups is 1. The third-order valence-electron chi connectivity index (χ3n) is 5.70. The van der Waals surface area contributed by atoms with Crippen LogP contribution in [0.3, 0.4) is 0 Å². The summed E-state index contributed by atoms with van der Waals surface area (Å²) in [6, 6.07) is 30.8. The molecule has 0 atom stereocenters. The van der Waals surface area contributed by atoms with Gasteiger partial charge in [0.1, 0.15) is 11.5 Å². The number of aromatic nitrogens is 2. The van der Waals surface area contributed by atoms with Crippen molar-refractivity contribution >= 4 is 17.5 Å². The van der Waals surface area contributed by atoms with Crippen LogP contribution in [0, 0.1) is 0 Å². The molecule has 0 saturated carbocycles. The molecule has 2 heterocycles. The lowest BCUT2D eigenvalue weighted by Gasteiger charge is -2.35. The zero-order valence-electron chi connectivity index (χ0n) is 18.7. The number of carbonyl (C=O) groups is 1. The summed E-state index contributed by atoms with van der Waals surface area (Å²) in [6.07, 6.45) is 0. The molecule has 1 fully saturated rings. The van der Waals surface area contributed by atoms with E-state index in [9.17, 15) is 4.79 Å². The summed E-state index contributed by atoms with van der Waals surface area (Å²) in [6.45, 7) is 2.64. The van der Waals surface area contributed by atoms with Crippen molar-refractivity contribution < 1.29 is 9.53 Å². The third-order valence-corrected chi connectivity index (χ3v) is 5.70. The van der Waals surface area contributed by atoms with Gasteiger partial charge in [-0.15, -0.1) is 10.2 Å². The van der Waals surface area contributed by atoms with Gasteiger partial charge < -0.3 is 19.9 Å². The predicted octanol–water partition coefficient (Wildman–Crippen LogP) is 5.29. The summed E-state index contributed by atoms with van der Waals surface area (Å²) in [5.41, 5.74) is 2.63. The molecule has 5 rings (SSSR count). The third kappa shape index (κ3) is 5.15. The molecule has 7 heteroatoms. The van der Waals surface area contributed by atoms with Gasteiger partial charge >= 0.3 is 6.03 Å². The first-order chi connectivity index (χ1) is 16.7. The number of nitrogens with zero attached hydrogens (tertiary/aromatic N) is 4. The predicted molar refractivity (Wildman–Crippen MR) is 133 cm³/mol. The van der Waals surface area contributed by atoms with E-state index in [-0.39, 0.29) is 6.03 Å². The van der Waals surface area contributed by atoms with E-state index < -0.39 is 0 Å². The molecule has 3 aromatic carbocycles. The van der Waals surface area contributed by atoms with E-state index >= 15 is 0 Å². The maximum Gasteiger partial charge on any atom is 0.321 e. The van der Waals surface area contributed by atoms with Gasteiger partial charge in [-0.25, -0.2) is 4.79 Å². The number of hydrogen-bond donors (Lipinski definition) is 1. The molecule has 0 aliphatic carbocycles. The second-order valence-corrected chi connectivity index (χ2v) is 7.99. The van der Waals surface area contributed by atoms with Gasteiger partial charge in [-0.2, -0.15) is 0 Å². The van der Waals surface area contributed by atoms with E-state index in [4.69, 9.17) is 4.74 Å². The number of piperazine rings is 1. The Hall–Kier alpha value is -4.39. The normalized spacial score (nSPS) is 13.4. The van der Waals surface area contributed by atoms with E-state index in [2.05, 4.69) is 20.4 Å². The number of benzene rings is 3. The molecular formula is C27H25N5O2. The van der Waals surface area contributed by atoms with Crippen molar-refractivity contribution in [3.05, 3.63) is 97.1 Å². The Morgan fingerprint density at radius 3 is 2.00 bits per heavy atom. The van der Waals surface area contributed by atoms with Crippen LogP contribution in [0.5, 0.6) is 11.5 Å². The van der Waals surface area contributed by atoms with Gasteiger partial charge in [-0.1, -0.05) is 48.5 Å². The van der Waals surface area contributed by atoms with Crippen molar-refractivity contribution in [2.24, 2.45) is 0 Å². The van der Waals surface area contributed by atoms with Gasteiger partial charge in [0.15, 0.2) is 5.82 Å². The summed E-state index contributed by atoms with van der Waals surface area (Å²) in [7, 11) is 0. The molecule has 1 N–H and O–H groups in total. The minimum atomic E-state index is -0.109. The average Bonchev–Trinajstić information content (AvgIpc) is 2.91. The molecular weight excluding hydrogens is 426 g/mol. The van der Waals surface area contributed by atoms with Crippen molar-refractivity contribution in [1.29, 1.82) is 0 Å². The molecule has 0 radical (unpaired) electrons. The topological polar surface area (TPSA) is 70.6 Å². The summed E-state index contributed by atoms with van der Waals surface area (Å²) in [5.74, 6) is 2.32. The van der Waals surface area contributed by atoms with Crippen LogP contribution >= 0.6 is 0 Å². The Morgan fingerprint density at radius 1 is 0.706 bits per heavy atom. The molecule has 7 nitrogen and oxygen atoms in total. The standard InChI is InChI=1S/C27H25N5O2/c33-27(28-22-11-13-24(14-12-22)34-23-9-5-2-6-10-23)32-19-17-31(18-20-32)26-16-15-25(29-30-26)21-7-3-1-4-8-21/h1-16H,17-20H2,(H,28,33). The highest BCUT2D eigenvalue weighted by molar-refractivity contribution is 5.89. The molecule has 0 spiro atoms. The highest BCUT2D eigenvalue weighted by atomic mass is 16.5. The Kier molecular flexibility index (Phi) is 6.34. The Balaban J connectivity index is 1.12. The Morgan fingerprint density at radius 2 is 1.35 bits per heavy atom. The highest BCUT2D eigenvalue weighted by Gasteiger charge is 2.22. The number of carbonyl (C=O) groups excluding carboxylic acids is 1. The van der Waals surface area contributed by atoms with Gasteiger partial charge in [0.25, 0.3) is 0 Å². The van der Waals surface area contributed by atoms with Crippen LogP contribution in [-0.4, -0.2) is 47.3 Å². The van der Waals surface area contributed by atoms with Crippen LogP contribution < -0.4 is 15.0 Å². The summed E-state index contributed by atoms with van der Waals surface area (Å²) in [5, 5.41) is 11.7. The fourth-order valence-corrected chi connectivity index (χ4v) is 3.83. The number of nitrogens with one attached hydrogen (secondary N) is 1. The molecule has 2 amide bonds. The molecule has 1 aliphatic heterocycles. The molecule has 34 heavy (non-hydrogen) atoms. The molecule has 1 aliphatic rings. The Bertz CT molecular complexity index is 1210. The number of amides is 2. The molecule has 1 aromatic heterocycles. The summed E-state index contributed by atoms with van der Waals surface area (Å²) >= 11 is 0. The number of hydrogen-bond acceptors (Lipinski definition) is 5. The van der Waals surface area contributed by atoms with Gasteiger partial charge in [0, 0.05) is 37.4 Å². The van der Waals surface area contributed by atoms with E-state index in [0.29, 0.717) is 26.2 Å². The van der Waals surface area contributed by atoms with Crippen LogP contribution in [0.4, 0.5) is 16.3 Å². The fraction of sp³-hybridized carbons (Fsp3) is 0.148. The first-order valence-corrected chi connectivity index (χ1v) is 11.3. The number of anilines is 2. The van der Waals surface area contributed by atoms with E-state index in [1.807, 2.05) is 102 Å². The molecule has 0 unspecified atom stereocenters. The number of para-hydroxylation sites is 1. The monoisotopic (exact) mass is 451 g/mol. The smallest absolute Gasteiger partial charge is 0.321 e. The lowest BCUT2D eigenvalue weighted by molar-refractivity contribution is 0.208. The Labute approximate surface area is 198 Å². The summed E-state index contributed by atoms with van der Waals surface area (Å²) in [4.78, 5) is 16.7. The largest absolute Gasteiger partial charge is 0.457 e. The van der Waals surface area contributed by atoms with E-state index in [0.717, 1.165) is 34.3 Å². The zero-order valence-corrected chi connectivity index (χ0v) is 18.7. The molecule has 4 aromatic rings. The maximum absolute atomic E-state index is 12.7. The fourth-order valence-electron chi connectivity index (χ4n) is 3.83. The highest BCUT2D eigenvalue weighted by Crippen LogP contribution is 2.23. The number of ether oxygens (including phenoxy) is 1. The minimum absolute atomic E-state index is 0.109. The SMILES string of the molecule is O=C(Nc1ccc(Oc2ccccc2)cc1)N1CCN(c2ccc(-c3ccccc3)nn2)CC1. The minimum Gasteiger partial charge on any atom is -0.457 e. The van der Waals surface area contributed by atoms with Crippen molar-refractivity contribution in [3.63, 3.8) is 0 Å². The van der Waals surface area contributed by atoms with Crippen LogP contribution in [0.1, 0.15) is 0 Å². The van der Waals surface area contributed by atoms with E-state index in [1.54, 1.807) is 0 Å². The van der Waals surface area contributed by atoms with Crippen molar-refractivity contribution in [2.45, 2.75) is 0 Å². The van der Waals surface area contributed by atoms with Crippen molar-refractivity contribution in [1.82, 2.24) is 15.1 Å². The van der Waals surface area contributed by atoms with E-state index in [1.165, 1.54) is 0 Å². The first kappa shape index (κ1) is 21.5. The average molecular weight is 452 g/mol. The van der Waals surface area contributed by atoms with Crippen LogP contribution in [-0.2, 0) is 0 Å². The second-order valence-electron chi connectivity index (χ2n) is 7.99. The van der Waals surface area contributed by atoms with Gasteiger partial charge in [-0.3, -0.25) is 0 Å². The zero-order chi connectivity index (χ0) is 23.2. The maximum atomic E-state index is 12.7. The quantitative estimate of drug-likeness (QED) is 0.446. The van der Waals surface area contributed by atoms with Gasteiger partial charge in [-0.05, 0) is 48.5 Å². The van der Waals surface area contributed by atoms with Crippen molar-refractivity contribution in [3.8, 4) is 22.8 Å². The first-order valence-electron chi connectivity index (χ1n) is 11.3. The van der Waals surface area contributed by atoms with Crippen molar-refractivity contribution in [2.75, 3.05) is 36.4 Å². The number of rotatable bonds is 5. The van der Waals surface area contributed by atoms with Gasteiger partial charge in [0.05, 0.1) is 5.69 Å². The summed E-state index contributed by atoms with van der Waals surface area (Å²) < 4.78 is 5.80.